The molecule has 0 aliphatic carbocycles. The van der Waals surface area contributed by atoms with Crippen LogP contribution in [0.2, 0.25) is 0 Å². The van der Waals surface area contributed by atoms with E-state index in [0.717, 1.165) is 18.1 Å². The molecule has 0 unspecified atom stereocenters. The minimum atomic E-state index is 0.320. The van der Waals surface area contributed by atoms with Crippen LogP contribution in [0.5, 0.6) is 0 Å². The number of aromatic nitrogens is 2. The van der Waals surface area contributed by atoms with Gasteiger partial charge in [-0.15, -0.1) is 0 Å². The van der Waals surface area contributed by atoms with Crippen molar-refractivity contribution in [3.8, 4) is 0 Å². The first-order chi connectivity index (χ1) is 8.61. The maximum absolute atomic E-state index is 4.89. The molecule has 1 aromatic heterocycles. The molecule has 0 aromatic carbocycles. The van der Waals surface area contributed by atoms with Crippen molar-refractivity contribution in [1.29, 1.82) is 0 Å². The quantitative estimate of drug-likeness (QED) is 0.556. The summed E-state index contributed by atoms with van der Waals surface area (Å²) in [5.74, 6) is 0.809. The molecular weight excluding hydrogens is 230 g/mol. The summed E-state index contributed by atoms with van der Waals surface area (Å²) in [6, 6.07) is 2.20. The lowest BCUT2D eigenvalue weighted by Crippen LogP contribution is -2.29. The van der Waals surface area contributed by atoms with Crippen molar-refractivity contribution >= 4 is 11.9 Å². The molecule has 1 heterocycles. The van der Waals surface area contributed by atoms with Crippen molar-refractivity contribution in [1.82, 2.24) is 20.3 Å². The number of rotatable bonds is 7. The van der Waals surface area contributed by atoms with Crippen molar-refractivity contribution in [2.45, 2.75) is 13.0 Å². The number of nitrogens with zero attached hydrogens (tertiary/aromatic N) is 3. The SMILES string of the molecule is CNO/C=C/c1cc(N[C@H](C)CN(C)C)ncn1. The summed E-state index contributed by atoms with van der Waals surface area (Å²) in [6.45, 7) is 3.06. The average molecular weight is 251 g/mol. The van der Waals surface area contributed by atoms with Crippen LogP contribution in [-0.4, -0.2) is 48.6 Å². The summed E-state index contributed by atoms with van der Waals surface area (Å²) in [5.41, 5.74) is 3.35. The summed E-state index contributed by atoms with van der Waals surface area (Å²) in [5, 5.41) is 3.32. The van der Waals surface area contributed by atoms with Gasteiger partial charge in [-0.2, -0.15) is 5.48 Å². The topological polar surface area (TPSA) is 62.3 Å². The number of anilines is 1. The third-order valence-corrected chi connectivity index (χ3v) is 2.15. The average Bonchev–Trinajstić information content (AvgIpc) is 2.28. The predicted octanol–water partition coefficient (Wildman–Crippen LogP) is 0.960. The van der Waals surface area contributed by atoms with E-state index >= 15 is 0 Å². The minimum absolute atomic E-state index is 0.320. The normalized spacial score (nSPS) is 12.9. The third kappa shape index (κ3) is 5.60. The zero-order valence-corrected chi connectivity index (χ0v) is 11.3. The van der Waals surface area contributed by atoms with Crippen LogP contribution >= 0.6 is 0 Å². The number of nitrogens with one attached hydrogen (secondary N) is 2. The highest BCUT2D eigenvalue weighted by Crippen LogP contribution is 2.07. The highest BCUT2D eigenvalue weighted by Gasteiger charge is 2.04. The second-order valence-electron chi connectivity index (χ2n) is 4.26. The Morgan fingerprint density at radius 3 is 2.89 bits per heavy atom. The Labute approximate surface area is 108 Å². The standard InChI is InChI=1S/C12H21N5O/c1-10(8-17(3)4)16-12-7-11(14-9-15-12)5-6-18-13-2/h5-7,9-10,13H,8H2,1-4H3,(H,14,15,16)/b6-5+/t10-/m1/s1. The van der Waals surface area contributed by atoms with Crippen molar-refractivity contribution in [2.24, 2.45) is 0 Å². The first kappa shape index (κ1) is 14.4. The van der Waals surface area contributed by atoms with Gasteiger partial charge in [0.05, 0.1) is 5.69 Å². The number of likely N-dealkylation sites (N-methyl/N-ethyl adjacent to an activating group) is 1. The van der Waals surface area contributed by atoms with E-state index in [1.54, 1.807) is 13.1 Å². The Kier molecular flexibility index (Phi) is 6.10. The maximum atomic E-state index is 4.89. The van der Waals surface area contributed by atoms with Gasteiger partial charge in [-0.05, 0) is 21.0 Å². The fourth-order valence-electron chi connectivity index (χ4n) is 1.56. The maximum Gasteiger partial charge on any atom is 0.130 e. The van der Waals surface area contributed by atoms with Crippen LogP contribution in [0.15, 0.2) is 18.7 Å². The monoisotopic (exact) mass is 251 g/mol. The van der Waals surface area contributed by atoms with E-state index in [2.05, 4.69) is 32.6 Å². The highest BCUT2D eigenvalue weighted by atomic mass is 16.6. The Morgan fingerprint density at radius 2 is 2.22 bits per heavy atom. The largest absolute Gasteiger partial charge is 0.417 e. The van der Waals surface area contributed by atoms with Gasteiger partial charge in [-0.25, -0.2) is 9.97 Å². The molecule has 6 nitrogen and oxygen atoms in total. The van der Waals surface area contributed by atoms with E-state index in [0.29, 0.717) is 6.04 Å². The lowest BCUT2D eigenvalue weighted by molar-refractivity contribution is 0.161. The van der Waals surface area contributed by atoms with Crippen LogP contribution < -0.4 is 10.8 Å². The van der Waals surface area contributed by atoms with Crippen LogP contribution in [0.25, 0.3) is 6.08 Å². The fourth-order valence-corrected chi connectivity index (χ4v) is 1.56. The van der Waals surface area contributed by atoms with Gasteiger partial charge in [0.15, 0.2) is 0 Å². The van der Waals surface area contributed by atoms with Gasteiger partial charge in [0.1, 0.15) is 18.4 Å². The van der Waals surface area contributed by atoms with E-state index < -0.39 is 0 Å². The molecule has 18 heavy (non-hydrogen) atoms. The molecule has 0 fully saturated rings. The molecule has 0 spiro atoms. The molecule has 1 atom stereocenters. The van der Waals surface area contributed by atoms with Gasteiger partial charge in [0.25, 0.3) is 0 Å². The summed E-state index contributed by atoms with van der Waals surface area (Å²) in [7, 11) is 5.78. The van der Waals surface area contributed by atoms with E-state index in [-0.39, 0.29) is 0 Å². The minimum Gasteiger partial charge on any atom is -0.417 e. The van der Waals surface area contributed by atoms with Crippen LogP contribution in [0.4, 0.5) is 5.82 Å². The van der Waals surface area contributed by atoms with Gasteiger partial charge < -0.3 is 15.1 Å². The molecular formula is C12H21N5O. The third-order valence-electron chi connectivity index (χ3n) is 2.15. The van der Waals surface area contributed by atoms with E-state index in [1.807, 2.05) is 20.2 Å². The summed E-state index contributed by atoms with van der Waals surface area (Å²) in [6.07, 6.45) is 4.83. The molecule has 1 aromatic rings. The number of hydrogen-bond acceptors (Lipinski definition) is 6. The molecule has 2 N–H and O–H groups in total. The van der Waals surface area contributed by atoms with Crippen LogP contribution in [-0.2, 0) is 4.84 Å². The van der Waals surface area contributed by atoms with E-state index in [9.17, 15) is 0 Å². The molecule has 0 amide bonds. The lowest BCUT2D eigenvalue weighted by Gasteiger charge is -2.18. The van der Waals surface area contributed by atoms with Crippen molar-refractivity contribution < 1.29 is 4.84 Å². The molecule has 0 aliphatic heterocycles. The molecule has 6 heteroatoms. The molecule has 0 aliphatic rings. The number of hydrogen-bond donors (Lipinski definition) is 2. The summed E-state index contributed by atoms with van der Waals surface area (Å²) in [4.78, 5) is 15.3. The molecule has 100 valence electrons. The summed E-state index contributed by atoms with van der Waals surface area (Å²) >= 11 is 0. The Balaban J connectivity index is 2.58. The first-order valence-corrected chi connectivity index (χ1v) is 5.84. The fraction of sp³-hybridized carbons (Fsp3) is 0.500. The molecule has 0 saturated carbocycles. The van der Waals surface area contributed by atoms with Crippen LogP contribution in [0.1, 0.15) is 12.6 Å². The van der Waals surface area contributed by atoms with Crippen LogP contribution in [0, 0.1) is 0 Å². The first-order valence-electron chi connectivity index (χ1n) is 5.84. The van der Waals surface area contributed by atoms with Crippen molar-refractivity contribution in [3.63, 3.8) is 0 Å². The van der Waals surface area contributed by atoms with Crippen molar-refractivity contribution in [2.75, 3.05) is 33.0 Å². The lowest BCUT2D eigenvalue weighted by atomic mass is 10.3. The van der Waals surface area contributed by atoms with E-state index in [1.165, 1.54) is 12.6 Å². The summed E-state index contributed by atoms with van der Waals surface area (Å²) < 4.78 is 0. The molecule has 0 bridgehead atoms. The Hall–Kier alpha value is -1.66. The van der Waals surface area contributed by atoms with Gasteiger partial charge in [-0.1, -0.05) is 0 Å². The molecule has 1 rings (SSSR count). The zero-order valence-electron chi connectivity index (χ0n) is 11.3. The highest BCUT2D eigenvalue weighted by molar-refractivity contribution is 5.49. The second kappa shape index (κ2) is 7.62. The Bertz CT molecular complexity index is 380. The van der Waals surface area contributed by atoms with Gasteiger partial charge in [0.2, 0.25) is 0 Å². The van der Waals surface area contributed by atoms with Gasteiger partial charge in [0, 0.05) is 31.8 Å². The van der Waals surface area contributed by atoms with Gasteiger partial charge >= 0.3 is 0 Å². The predicted molar refractivity (Wildman–Crippen MR) is 72.8 cm³/mol. The smallest absolute Gasteiger partial charge is 0.130 e. The van der Waals surface area contributed by atoms with Gasteiger partial charge in [-0.3, -0.25) is 0 Å². The zero-order chi connectivity index (χ0) is 13.4. The second-order valence-corrected chi connectivity index (χ2v) is 4.26. The number of hydroxylamine groups is 1. The van der Waals surface area contributed by atoms with Crippen LogP contribution in [0.3, 0.4) is 0 Å². The molecule has 0 radical (unpaired) electrons. The van der Waals surface area contributed by atoms with E-state index in [4.69, 9.17) is 4.84 Å². The Morgan fingerprint density at radius 1 is 1.44 bits per heavy atom. The van der Waals surface area contributed by atoms with Crippen molar-refractivity contribution in [3.05, 3.63) is 24.3 Å². The molecule has 0 saturated heterocycles.